The summed E-state index contributed by atoms with van der Waals surface area (Å²) in [5.41, 5.74) is 3.96. The summed E-state index contributed by atoms with van der Waals surface area (Å²) < 4.78 is 17.3. The molecule has 3 atom stereocenters. The Kier molecular flexibility index (Phi) is 7.75. The summed E-state index contributed by atoms with van der Waals surface area (Å²) in [4.78, 5) is 31.7. The van der Waals surface area contributed by atoms with E-state index < -0.39 is 11.8 Å². The summed E-state index contributed by atoms with van der Waals surface area (Å²) in [6.07, 6.45) is 1.68. The molecule has 0 radical (unpaired) electrons. The highest BCUT2D eigenvalue weighted by molar-refractivity contribution is 9.10. The fourth-order valence-electron chi connectivity index (χ4n) is 5.06. The molecule has 35 heavy (non-hydrogen) atoms. The number of halogens is 1. The van der Waals surface area contributed by atoms with Crippen molar-refractivity contribution in [3.05, 3.63) is 69.3 Å². The third kappa shape index (κ3) is 5.06. The van der Waals surface area contributed by atoms with Gasteiger partial charge in [-0.15, -0.1) is 0 Å². The molecule has 2 aromatic rings. The standard InChI is InChI=1S/C28H30BrNO5/c1-5-11-35-28(32)25-16(2)30-21-13-19(17-9-10-23(33-3)24(15-17)34-4)14-22(31)27(21)26(25)18-7-6-8-20(29)12-18/h6-10,12,15,19,25-26H,5,11,13-14H2,1-4H3/t19-,25?,26+/m0/s1. The quantitative estimate of drug-likeness (QED) is 0.403. The number of ketones is 1. The van der Waals surface area contributed by atoms with E-state index in [4.69, 9.17) is 19.2 Å². The molecule has 6 nitrogen and oxygen atoms in total. The second-order valence-electron chi connectivity index (χ2n) is 8.93. The van der Waals surface area contributed by atoms with Crippen LogP contribution in [0.15, 0.2) is 63.2 Å². The van der Waals surface area contributed by atoms with Crippen LogP contribution in [0.1, 0.15) is 56.1 Å². The first-order chi connectivity index (χ1) is 16.9. The van der Waals surface area contributed by atoms with Gasteiger partial charge in [0.25, 0.3) is 0 Å². The second-order valence-corrected chi connectivity index (χ2v) is 9.85. The van der Waals surface area contributed by atoms with E-state index in [1.54, 1.807) is 14.2 Å². The molecule has 7 heteroatoms. The summed E-state index contributed by atoms with van der Waals surface area (Å²) in [6.45, 7) is 4.16. The number of nitrogens with zero attached hydrogens (tertiary/aromatic N) is 1. The number of ether oxygens (including phenoxy) is 3. The van der Waals surface area contributed by atoms with E-state index in [9.17, 15) is 9.59 Å². The van der Waals surface area contributed by atoms with E-state index >= 15 is 0 Å². The molecule has 0 saturated heterocycles. The fraction of sp³-hybridized carbons (Fsp3) is 0.393. The van der Waals surface area contributed by atoms with E-state index in [0.29, 0.717) is 42.2 Å². The van der Waals surface area contributed by atoms with Gasteiger partial charge in [-0.3, -0.25) is 14.6 Å². The van der Waals surface area contributed by atoms with E-state index in [1.807, 2.05) is 56.3 Å². The number of benzene rings is 2. The van der Waals surface area contributed by atoms with Crippen molar-refractivity contribution in [1.82, 2.24) is 0 Å². The molecule has 0 spiro atoms. The molecule has 0 saturated carbocycles. The van der Waals surface area contributed by atoms with Crippen LogP contribution in [-0.2, 0) is 14.3 Å². The molecule has 1 aliphatic heterocycles. The Balaban J connectivity index is 1.76. The third-order valence-corrected chi connectivity index (χ3v) is 7.17. The van der Waals surface area contributed by atoms with Crippen molar-refractivity contribution < 1.29 is 23.8 Å². The van der Waals surface area contributed by atoms with Crippen LogP contribution in [0.25, 0.3) is 0 Å². The minimum atomic E-state index is -0.629. The number of methoxy groups -OCH3 is 2. The van der Waals surface area contributed by atoms with Gasteiger partial charge >= 0.3 is 5.97 Å². The molecule has 1 unspecified atom stereocenters. The van der Waals surface area contributed by atoms with E-state index in [1.165, 1.54) is 0 Å². The average molecular weight is 540 g/mol. The van der Waals surface area contributed by atoms with Crippen LogP contribution < -0.4 is 9.47 Å². The van der Waals surface area contributed by atoms with E-state index in [0.717, 1.165) is 27.7 Å². The predicted molar refractivity (Wildman–Crippen MR) is 138 cm³/mol. The first-order valence-electron chi connectivity index (χ1n) is 11.8. The average Bonchev–Trinajstić information content (AvgIpc) is 2.85. The predicted octanol–water partition coefficient (Wildman–Crippen LogP) is 5.99. The number of esters is 1. The molecule has 0 bridgehead atoms. The molecule has 0 fully saturated rings. The first kappa shape index (κ1) is 25.2. The second kappa shape index (κ2) is 10.8. The van der Waals surface area contributed by atoms with Crippen LogP contribution in [0, 0.1) is 5.92 Å². The molecular weight excluding hydrogens is 510 g/mol. The molecule has 2 aromatic carbocycles. The highest BCUT2D eigenvalue weighted by Crippen LogP contribution is 2.47. The van der Waals surface area contributed by atoms with Gasteiger partial charge in [-0.2, -0.15) is 0 Å². The van der Waals surface area contributed by atoms with Crippen LogP contribution in [0.5, 0.6) is 11.5 Å². The Morgan fingerprint density at radius 2 is 1.83 bits per heavy atom. The van der Waals surface area contributed by atoms with Gasteiger partial charge in [0.05, 0.1) is 20.8 Å². The van der Waals surface area contributed by atoms with Gasteiger partial charge in [0.15, 0.2) is 17.3 Å². The zero-order chi connectivity index (χ0) is 25.1. The zero-order valence-electron chi connectivity index (χ0n) is 20.5. The van der Waals surface area contributed by atoms with Crippen LogP contribution in [0.2, 0.25) is 0 Å². The topological polar surface area (TPSA) is 74.2 Å². The Morgan fingerprint density at radius 1 is 1.06 bits per heavy atom. The van der Waals surface area contributed by atoms with Gasteiger partial charge < -0.3 is 14.2 Å². The first-order valence-corrected chi connectivity index (χ1v) is 12.6. The number of aliphatic imine (C=N–C) groups is 1. The van der Waals surface area contributed by atoms with Crippen LogP contribution in [0.3, 0.4) is 0 Å². The molecule has 4 rings (SSSR count). The molecule has 0 N–H and O–H groups in total. The van der Waals surface area contributed by atoms with Crippen molar-refractivity contribution >= 4 is 33.4 Å². The lowest BCUT2D eigenvalue weighted by Crippen LogP contribution is -2.38. The maximum absolute atomic E-state index is 13.7. The zero-order valence-corrected chi connectivity index (χ0v) is 22.1. The van der Waals surface area contributed by atoms with Crippen molar-refractivity contribution in [2.24, 2.45) is 10.9 Å². The van der Waals surface area contributed by atoms with Crippen molar-refractivity contribution in [3.8, 4) is 11.5 Å². The van der Waals surface area contributed by atoms with Crippen molar-refractivity contribution in [2.45, 2.75) is 44.9 Å². The number of carbonyl (C=O) groups is 2. The minimum Gasteiger partial charge on any atom is -0.493 e. The number of hydrogen-bond donors (Lipinski definition) is 0. The van der Waals surface area contributed by atoms with Crippen LogP contribution >= 0.6 is 15.9 Å². The highest BCUT2D eigenvalue weighted by atomic mass is 79.9. The van der Waals surface area contributed by atoms with Crippen LogP contribution in [0.4, 0.5) is 0 Å². The lowest BCUT2D eigenvalue weighted by molar-refractivity contribution is -0.146. The smallest absolute Gasteiger partial charge is 0.315 e. The Hall–Kier alpha value is -2.93. The van der Waals surface area contributed by atoms with Gasteiger partial charge in [0, 0.05) is 33.8 Å². The Bertz CT molecular complexity index is 1200. The van der Waals surface area contributed by atoms with Crippen molar-refractivity contribution in [3.63, 3.8) is 0 Å². The number of rotatable bonds is 7. The number of carbonyl (C=O) groups excluding carboxylic acids is 2. The fourth-order valence-corrected chi connectivity index (χ4v) is 5.48. The summed E-state index contributed by atoms with van der Waals surface area (Å²) in [5.74, 6) is -0.136. The molecule has 2 aliphatic rings. The molecule has 1 aliphatic carbocycles. The summed E-state index contributed by atoms with van der Waals surface area (Å²) in [5, 5.41) is 0. The highest BCUT2D eigenvalue weighted by Gasteiger charge is 2.44. The minimum absolute atomic E-state index is 0.0144. The Morgan fingerprint density at radius 3 is 2.51 bits per heavy atom. The van der Waals surface area contributed by atoms with E-state index in [2.05, 4.69) is 15.9 Å². The van der Waals surface area contributed by atoms with Crippen LogP contribution in [-0.4, -0.2) is 38.3 Å². The largest absolute Gasteiger partial charge is 0.493 e. The SMILES string of the molecule is CCCOC(=O)C1C(C)=NC2=C(C(=O)C[C@@H](c3ccc(OC)c(OC)c3)C2)[C@@H]1c1cccc(Br)c1. The van der Waals surface area contributed by atoms with E-state index in [-0.39, 0.29) is 17.7 Å². The lowest BCUT2D eigenvalue weighted by atomic mass is 9.69. The third-order valence-electron chi connectivity index (χ3n) is 6.68. The maximum atomic E-state index is 13.7. The normalized spacial score (nSPS) is 21.8. The Labute approximate surface area is 214 Å². The van der Waals surface area contributed by atoms with Gasteiger partial charge in [0.2, 0.25) is 0 Å². The van der Waals surface area contributed by atoms with Gasteiger partial charge in [-0.05, 0) is 61.1 Å². The molecule has 1 heterocycles. The number of hydrogen-bond acceptors (Lipinski definition) is 6. The van der Waals surface area contributed by atoms with Crippen molar-refractivity contribution in [2.75, 3.05) is 20.8 Å². The summed E-state index contributed by atoms with van der Waals surface area (Å²) in [6, 6.07) is 13.6. The molecule has 184 valence electrons. The van der Waals surface area contributed by atoms with Crippen molar-refractivity contribution in [1.29, 1.82) is 0 Å². The number of allylic oxidation sites excluding steroid dienone is 2. The van der Waals surface area contributed by atoms with Gasteiger partial charge in [-0.25, -0.2) is 0 Å². The monoisotopic (exact) mass is 539 g/mol. The molecular formula is C28H30BrNO5. The van der Waals surface area contributed by atoms with Gasteiger partial charge in [0.1, 0.15) is 5.92 Å². The summed E-state index contributed by atoms with van der Waals surface area (Å²) >= 11 is 3.54. The van der Waals surface area contributed by atoms with Gasteiger partial charge in [-0.1, -0.05) is 41.1 Å². The molecule has 0 amide bonds. The lowest BCUT2D eigenvalue weighted by Gasteiger charge is -2.36. The molecule has 0 aromatic heterocycles. The number of Topliss-reactive ketones (excluding diaryl/α,β-unsaturated/α-hetero) is 1. The maximum Gasteiger partial charge on any atom is 0.315 e. The summed E-state index contributed by atoms with van der Waals surface area (Å²) in [7, 11) is 3.20.